The highest BCUT2D eigenvalue weighted by Gasteiger charge is 2.67. The van der Waals surface area contributed by atoms with E-state index in [0.717, 1.165) is 5.92 Å². The van der Waals surface area contributed by atoms with Gasteiger partial charge in [-0.25, -0.2) is 0 Å². The van der Waals surface area contributed by atoms with Gasteiger partial charge in [-0.2, -0.15) is 0 Å². The highest BCUT2D eigenvalue weighted by molar-refractivity contribution is 5.41. The maximum absolute atomic E-state index is 10.6. The molecule has 1 heteroatoms. The Morgan fingerprint density at radius 1 is 1.25 bits per heavy atom. The van der Waals surface area contributed by atoms with Crippen LogP contribution in [0.5, 0.6) is 0 Å². The van der Waals surface area contributed by atoms with E-state index in [1.165, 1.54) is 36.8 Å². The summed E-state index contributed by atoms with van der Waals surface area (Å²) in [6.07, 6.45) is 4.89. The summed E-state index contributed by atoms with van der Waals surface area (Å²) in [6.45, 7) is 9.47. The molecule has 0 aromatic heterocycles. The van der Waals surface area contributed by atoms with Gasteiger partial charge in [-0.05, 0) is 55.4 Å². The second-order valence-corrected chi connectivity index (χ2v) is 6.92. The van der Waals surface area contributed by atoms with E-state index in [-0.39, 0.29) is 6.10 Å². The van der Waals surface area contributed by atoms with E-state index in [9.17, 15) is 5.11 Å². The van der Waals surface area contributed by atoms with Crippen molar-refractivity contribution in [2.75, 3.05) is 0 Å². The third-order valence-corrected chi connectivity index (χ3v) is 6.34. The topological polar surface area (TPSA) is 20.2 Å². The summed E-state index contributed by atoms with van der Waals surface area (Å²) in [5.41, 5.74) is 3.58. The van der Waals surface area contributed by atoms with E-state index in [1.54, 1.807) is 0 Å². The van der Waals surface area contributed by atoms with E-state index in [2.05, 4.69) is 27.7 Å². The molecule has 0 aromatic carbocycles. The molecule has 0 radical (unpaired) electrons. The second-order valence-electron chi connectivity index (χ2n) is 6.92. The fourth-order valence-electron chi connectivity index (χ4n) is 5.49. The molecule has 0 unspecified atom stereocenters. The van der Waals surface area contributed by atoms with Crippen LogP contribution in [0.1, 0.15) is 53.4 Å². The Morgan fingerprint density at radius 2 is 1.94 bits per heavy atom. The SMILES string of the molecule is CC1=C2[C@H](O)[C@H]3CC[C@@H](C)[C@]2(CC1)C3(C)C. The third kappa shape index (κ3) is 0.895. The summed E-state index contributed by atoms with van der Waals surface area (Å²) in [6, 6.07) is 0. The van der Waals surface area contributed by atoms with Gasteiger partial charge in [-0.1, -0.05) is 26.3 Å². The third-order valence-electron chi connectivity index (χ3n) is 6.34. The highest BCUT2D eigenvalue weighted by Crippen LogP contribution is 2.72. The van der Waals surface area contributed by atoms with Crippen molar-refractivity contribution < 1.29 is 5.11 Å². The summed E-state index contributed by atoms with van der Waals surface area (Å²) in [7, 11) is 0. The van der Waals surface area contributed by atoms with Gasteiger partial charge in [0.15, 0.2) is 0 Å². The van der Waals surface area contributed by atoms with Crippen molar-refractivity contribution in [2.24, 2.45) is 22.7 Å². The lowest BCUT2D eigenvalue weighted by molar-refractivity contribution is -0.0238. The number of allylic oxidation sites excluding steroid dienone is 1. The van der Waals surface area contributed by atoms with Crippen LogP contribution in [0.4, 0.5) is 0 Å². The number of fused-ring (bicyclic) bond motifs is 1. The first-order valence-electron chi connectivity index (χ1n) is 6.81. The Hall–Kier alpha value is -0.300. The molecule has 0 saturated heterocycles. The largest absolute Gasteiger partial charge is 0.388 e. The Morgan fingerprint density at radius 3 is 2.62 bits per heavy atom. The van der Waals surface area contributed by atoms with Gasteiger partial charge < -0.3 is 5.11 Å². The van der Waals surface area contributed by atoms with Gasteiger partial charge in [-0.15, -0.1) is 0 Å². The molecule has 2 fully saturated rings. The van der Waals surface area contributed by atoms with Gasteiger partial charge in [0.25, 0.3) is 0 Å². The fourth-order valence-corrected chi connectivity index (χ4v) is 5.49. The van der Waals surface area contributed by atoms with Crippen LogP contribution in [0.15, 0.2) is 11.1 Å². The minimum absolute atomic E-state index is 0.137. The van der Waals surface area contributed by atoms with Crippen LogP contribution in [-0.2, 0) is 0 Å². The molecule has 2 bridgehead atoms. The predicted molar refractivity (Wildman–Crippen MR) is 66.0 cm³/mol. The van der Waals surface area contributed by atoms with Crippen LogP contribution >= 0.6 is 0 Å². The normalized spacial score (nSPS) is 49.7. The zero-order valence-electron chi connectivity index (χ0n) is 11.0. The molecule has 2 saturated carbocycles. The smallest absolute Gasteiger partial charge is 0.0791 e. The summed E-state index contributed by atoms with van der Waals surface area (Å²) < 4.78 is 0. The zero-order valence-corrected chi connectivity index (χ0v) is 11.0. The molecule has 16 heavy (non-hydrogen) atoms. The first-order chi connectivity index (χ1) is 7.43. The molecule has 0 amide bonds. The molecule has 3 aliphatic rings. The Kier molecular flexibility index (Phi) is 1.98. The molecule has 1 N–H and O–H groups in total. The van der Waals surface area contributed by atoms with Crippen LogP contribution in [0.25, 0.3) is 0 Å². The average Bonchev–Trinajstić information content (AvgIpc) is 2.57. The van der Waals surface area contributed by atoms with E-state index in [0.29, 0.717) is 16.7 Å². The summed E-state index contributed by atoms with van der Waals surface area (Å²) in [5, 5.41) is 10.6. The Bertz CT molecular complexity index is 366. The molecule has 90 valence electrons. The molecule has 3 rings (SSSR count). The molecule has 0 heterocycles. The summed E-state index contributed by atoms with van der Waals surface area (Å²) >= 11 is 0. The lowest BCUT2D eigenvalue weighted by Gasteiger charge is -2.51. The van der Waals surface area contributed by atoms with Gasteiger partial charge in [0.05, 0.1) is 6.10 Å². The number of aliphatic hydroxyl groups excluding tert-OH is 1. The lowest BCUT2D eigenvalue weighted by atomic mass is 9.53. The van der Waals surface area contributed by atoms with Gasteiger partial charge in [0.2, 0.25) is 0 Å². The number of aliphatic hydroxyl groups is 1. The predicted octanol–water partition coefficient (Wildman–Crippen LogP) is 3.53. The van der Waals surface area contributed by atoms with Crippen LogP contribution < -0.4 is 0 Å². The molecule has 0 aliphatic heterocycles. The van der Waals surface area contributed by atoms with Crippen molar-refractivity contribution in [3.8, 4) is 0 Å². The molecule has 1 nitrogen and oxygen atoms in total. The highest BCUT2D eigenvalue weighted by atomic mass is 16.3. The minimum atomic E-state index is -0.137. The Balaban J connectivity index is 2.24. The van der Waals surface area contributed by atoms with Gasteiger partial charge in [0, 0.05) is 5.41 Å². The van der Waals surface area contributed by atoms with E-state index < -0.39 is 0 Å². The molecular formula is C15H24O. The van der Waals surface area contributed by atoms with Crippen molar-refractivity contribution >= 4 is 0 Å². The quantitative estimate of drug-likeness (QED) is 0.619. The van der Waals surface area contributed by atoms with Gasteiger partial charge >= 0.3 is 0 Å². The van der Waals surface area contributed by atoms with Crippen molar-refractivity contribution in [1.82, 2.24) is 0 Å². The van der Waals surface area contributed by atoms with Crippen molar-refractivity contribution in [3.63, 3.8) is 0 Å². The minimum Gasteiger partial charge on any atom is -0.388 e. The van der Waals surface area contributed by atoms with Gasteiger partial charge in [0.1, 0.15) is 0 Å². The summed E-state index contributed by atoms with van der Waals surface area (Å²) in [5.74, 6) is 1.26. The monoisotopic (exact) mass is 220 g/mol. The first-order valence-corrected chi connectivity index (χ1v) is 6.81. The van der Waals surface area contributed by atoms with Crippen LogP contribution in [0, 0.1) is 22.7 Å². The summed E-state index contributed by atoms with van der Waals surface area (Å²) in [4.78, 5) is 0. The lowest BCUT2D eigenvalue weighted by Crippen LogP contribution is -2.44. The zero-order chi connectivity index (χ0) is 11.7. The molecule has 0 aromatic rings. The van der Waals surface area contributed by atoms with Crippen molar-refractivity contribution in [1.29, 1.82) is 0 Å². The average molecular weight is 220 g/mol. The second kappa shape index (κ2) is 2.93. The van der Waals surface area contributed by atoms with Crippen LogP contribution in [-0.4, -0.2) is 11.2 Å². The number of hydrogen-bond acceptors (Lipinski definition) is 1. The standard InChI is InChI=1S/C15H24O/c1-9-7-8-15-10(2)5-6-11(14(15,3)4)13(16)12(9)15/h10-11,13,16H,5-8H2,1-4H3/t10-,11-,13-,15+/m1/s1. The van der Waals surface area contributed by atoms with Gasteiger partial charge in [-0.3, -0.25) is 0 Å². The van der Waals surface area contributed by atoms with E-state index in [1.807, 2.05) is 0 Å². The molecule has 3 aliphatic carbocycles. The van der Waals surface area contributed by atoms with Crippen molar-refractivity contribution in [3.05, 3.63) is 11.1 Å². The number of hydrogen-bond donors (Lipinski definition) is 1. The van der Waals surface area contributed by atoms with E-state index >= 15 is 0 Å². The fraction of sp³-hybridized carbons (Fsp3) is 0.867. The van der Waals surface area contributed by atoms with Crippen LogP contribution in [0.2, 0.25) is 0 Å². The molecular weight excluding hydrogens is 196 g/mol. The Labute approximate surface area is 98.9 Å². The first kappa shape index (κ1) is 10.8. The van der Waals surface area contributed by atoms with E-state index in [4.69, 9.17) is 0 Å². The van der Waals surface area contributed by atoms with Crippen molar-refractivity contribution in [2.45, 2.75) is 59.5 Å². The van der Waals surface area contributed by atoms with Crippen LogP contribution in [0.3, 0.4) is 0 Å². The maximum atomic E-state index is 10.6. The maximum Gasteiger partial charge on any atom is 0.0791 e. The number of rotatable bonds is 0. The molecule has 1 spiro atoms. The molecule has 4 atom stereocenters.